The molecule has 2 amide bonds. The number of aromatic nitrogens is 2. The van der Waals surface area contributed by atoms with Crippen molar-refractivity contribution in [2.45, 2.75) is 38.8 Å². The summed E-state index contributed by atoms with van der Waals surface area (Å²) in [6, 6.07) is 6.40. The minimum absolute atomic E-state index is 0.0275. The molecule has 0 aliphatic heterocycles. The lowest BCUT2D eigenvalue weighted by Gasteiger charge is -2.25. The number of rotatable bonds is 7. The van der Waals surface area contributed by atoms with Crippen molar-refractivity contribution in [3.8, 4) is 0 Å². The molecular formula is C17H20Cl2N4O3. The molecule has 0 saturated carbocycles. The second-order valence-corrected chi connectivity index (χ2v) is 7.31. The average Bonchev–Trinajstić information content (AvgIpc) is 2.94. The fourth-order valence-corrected chi connectivity index (χ4v) is 2.78. The van der Waals surface area contributed by atoms with E-state index in [2.05, 4.69) is 15.7 Å². The molecule has 9 heteroatoms. The molecule has 0 aliphatic carbocycles. The number of anilines is 1. The van der Waals surface area contributed by atoms with Crippen molar-refractivity contribution in [2.75, 3.05) is 5.32 Å². The number of hydrogen-bond acceptors (Lipinski definition) is 3. The highest BCUT2D eigenvalue weighted by Gasteiger charge is 2.22. The lowest BCUT2D eigenvalue weighted by molar-refractivity contribution is -0.137. The maximum atomic E-state index is 12.2. The van der Waals surface area contributed by atoms with Crippen LogP contribution in [0.25, 0.3) is 0 Å². The normalized spacial score (nSPS) is 11.2. The van der Waals surface area contributed by atoms with Crippen LogP contribution in [0, 0.1) is 0 Å². The first-order chi connectivity index (χ1) is 12.2. The van der Waals surface area contributed by atoms with Crippen LogP contribution in [0.1, 0.15) is 32.3 Å². The second kappa shape index (κ2) is 8.42. The van der Waals surface area contributed by atoms with Crippen LogP contribution in [0.4, 0.5) is 10.6 Å². The smallest absolute Gasteiger partial charge is 0.320 e. The summed E-state index contributed by atoms with van der Waals surface area (Å²) in [7, 11) is 0. The minimum Gasteiger partial charge on any atom is -0.481 e. The lowest BCUT2D eigenvalue weighted by atomic mass is 9.99. The molecule has 2 aromatic rings. The number of benzene rings is 1. The van der Waals surface area contributed by atoms with Gasteiger partial charge in [-0.25, -0.2) is 9.48 Å². The van der Waals surface area contributed by atoms with Gasteiger partial charge in [-0.1, -0.05) is 29.3 Å². The summed E-state index contributed by atoms with van der Waals surface area (Å²) in [6.07, 6.45) is 1.85. The minimum atomic E-state index is -0.904. The van der Waals surface area contributed by atoms with E-state index in [1.165, 1.54) is 0 Å². The molecule has 0 unspecified atom stereocenters. The predicted molar refractivity (Wildman–Crippen MR) is 101 cm³/mol. The summed E-state index contributed by atoms with van der Waals surface area (Å²) >= 11 is 12.1. The summed E-state index contributed by atoms with van der Waals surface area (Å²) < 4.78 is 1.60. The van der Waals surface area contributed by atoms with E-state index in [1.54, 1.807) is 49.0 Å². The SMILES string of the molecule is CC(C)(CCC(=O)O)NC(=O)Nc1ccnn1Cc1ccc(Cl)cc1Cl. The number of hydrogen-bond donors (Lipinski definition) is 3. The number of carbonyl (C=O) groups is 2. The molecule has 1 aromatic carbocycles. The molecule has 3 N–H and O–H groups in total. The Hall–Kier alpha value is -2.25. The Morgan fingerprint density at radius 2 is 2.00 bits per heavy atom. The number of nitrogens with one attached hydrogen (secondary N) is 2. The first kappa shape index (κ1) is 20.1. The summed E-state index contributed by atoms with van der Waals surface area (Å²) in [5.74, 6) is -0.416. The third-order valence-corrected chi connectivity index (χ3v) is 4.30. The van der Waals surface area contributed by atoms with Crippen molar-refractivity contribution in [3.05, 3.63) is 46.1 Å². The van der Waals surface area contributed by atoms with Gasteiger partial charge in [0.25, 0.3) is 0 Å². The highest BCUT2D eigenvalue weighted by atomic mass is 35.5. The average molecular weight is 399 g/mol. The van der Waals surface area contributed by atoms with Gasteiger partial charge >= 0.3 is 12.0 Å². The van der Waals surface area contributed by atoms with Crippen molar-refractivity contribution >= 4 is 41.0 Å². The van der Waals surface area contributed by atoms with E-state index >= 15 is 0 Å². The van der Waals surface area contributed by atoms with Crippen LogP contribution in [-0.2, 0) is 11.3 Å². The maximum Gasteiger partial charge on any atom is 0.320 e. The van der Waals surface area contributed by atoms with Crippen molar-refractivity contribution in [1.82, 2.24) is 15.1 Å². The third-order valence-electron chi connectivity index (χ3n) is 3.71. The van der Waals surface area contributed by atoms with Gasteiger partial charge in [0.2, 0.25) is 0 Å². The monoisotopic (exact) mass is 398 g/mol. The van der Waals surface area contributed by atoms with Crippen LogP contribution in [0.3, 0.4) is 0 Å². The molecule has 7 nitrogen and oxygen atoms in total. The lowest BCUT2D eigenvalue weighted by Crippen LogP contribution is -2.46. The Balaban J connectivity index is 2.01. The number of amides is 2. The number of aliphatic carboxylic acids is 1. The van der Waals surface area contributed by atoms with Crippen LogP contribution in [-0.4, -0.2) is 32.4 Å². The van der Waals surface area contributed by atoms with Gasteiger partial charge in [0.05, 0.1) is 12.7 Å². The first-order valence-electron chi connectivity index (χ1n) is 7.93. The Morgan fingerprint density at radius 1 is 1.27 bits per heavy atom. The Labute approximate surface area is 161 Å². The molecule has 26 heavy (non-hydrogen) atoms. The topological polar surface area (TPSA) is 96.2 Å². The Bertz CT molecular complexity index is 805. The van der Waals surface area contributed by atoms with Gasteiger partial charge in [-0.2, -0.15) is 5.10 Å². The van der Waals surface area contributed by atoms with E-state index < -0.39 is 17.5 Å². The van der Waals surface area contributed by atoms with Gasteiger partial charge < -0.3 is 10.4 Å². The molecule has 0 bridgehead atoms. The van der Waals surface area contributed by atoms with Gasteiger partial charge in [-0.15, -0.1) is 0 Å². The van der Waals surface area contributed by atoms with Crippen LogP contribution in [0.5, 0.6) is 0 Å². The summed E-state index contributed by atoms with van der Waals surface area (Å²) in [6.45, 7) is 3.89. The quantitative estimate of drug-likeness (QED) is 0.656. The molecule has 0 radical (unpaired) electrons. The number of carboxylic acid groups (broad SMARTS) is 1. The van der Waals surface area contributed by atoms with Crippen LogP contribution < -0.4 is 10.6 Å². The van der Waals surface area contributed by atoms with Crippen molar-refractivity contribution < 1.29 is 14.7 Å². The van der Waals surface area contributed by atoms with E-state index in [9.17, 15) is 9.59 Å². The van der Waals surface area contributed by atoms with Gasteiger partial charge in [-0.05, 0) is 38.0 Å². The largest absolute Gasteiger partial charge is 0.481 e. The Morgan fingerprint density at radius 3 is 2.65 bits per heavy atom. The zero-order chi connectivity index (χ0) is 19.3. The number of urea groups is 1. The second-order valence-electron chi connectivity index (χ2n) is 6.47. The van der Waals surface area contributed by atoms with E-state index in [-0.39, 0.29) is 6.42 Å². The number of halogens is 2. The summed E-state index contributed by atoms with van der Waals surface area (Å²) in [5.41, 5.74) is 0.150. The fraction of sp³-hybridized carbons (Fsp3) is 0.353. The fourth-order valence-electron chi connectivity index (χ4n) is 2.31. The Kier molecular flexibility index (Phi) is 6.50. The predicted octanol–water partition coefficient (Wildman–Crippen LogP) is 4.00. The van der Waals surface area contributed by atoms with E-state index in [0.29, 0.717) is 28.8 Å². The molecule has 1 heterocycles. The number of carboxylic acids is 1. The zero-order valence-corrected chi connectivity index (χ0v) is 15.9. The summed E-state index contributed by atoms with van der Waals surface area (Å²) in [4.78, 5) is 22.9. The number of nitrogens with zero attached hydrogens (tertiary/aromatic N) is 2. The molecular weight excluding hydrogens is 379 g/mol. The van der Waals surface area contributed by atoms with Crippen molar-refractivity contribution in [1.29, 1.82) is 0 Å². The highest BCUT2D eigenvalue weighted by molar-refractivity contribution is 6.35. The first-order valence-corrected chi connectivity index (χ1v) is 8.68. The van der Waals surface area contributed by atoms with Crippen LogP contribution in [0.15, 0.2) is 30.5 Å². The van der Waals surface area contributed by atoms with Crippen LogP contribution in [0.2, 0.25) is 10.0 Å². The van der Waals surface area contributed by atoms with Crippen molar-refractivity contribution in [2.24, 2.45) is 0 Å². The maximum absolute atomic E-state index is 12.2. The molecule has 0 fully saturated rings. The van der Waals surface area contributed by atoms with Gasteiger partial charge in [0, 0.05) is 28.1 Å². The molecule has 1 aromatic heterocycles. The van der Waals surface area contributed by atoms with Crippen LogP contribution >= 0.6 is 23.2 Å². The van der Waals surface area contributed by atoms with E-state index in [1.807, 2.05) is 0 Å². The molecule has 140 valence electrons. The number of carbonyl (C=O) groups excluding carboxylic acids is 1. The summed E-state index contributed by atoms with van der Waals surface area (Å²) in [5, 5.41) is 19.5. The van der Waals surface area contributed by atoms with Crippen molar-refractivity contribution in [3.63, 3.8) is 0 Å². The molecule has 0 atom stereocenters. The zero-order valence-electron chi connectivity index (χ0n) is 14.4. The molecule has 0 saturated heterocycles. The highest BCUT2D eigenvalue weighted by Crippen LogP contribution is 2.22. The molecule has 2 rings (SSSR count). The third kappa shape index (κ3) is 5.93. The standard InChI is InChI=1S/C17H20Cl2N4O3/c1-17(2,7-5-15(24)25)22-16(26)21-14-6-8-20-23(14)10-11-3-4-12(18)9-13(11)19/h3-4,6,8-9H,5,7,10H2,1-2H3,(H,24,25)(H2,21,22,26). The van der Waals surface area contributed by atoms with Gasteiger partial charge in [-0.3, -0.25) is 10.1 Å². The van der Waals surface area contributed by atoms with E-state index in [0.717, 1.165) is 5.56 Å². The molecule has 0 spiro atoms. The van der Waals surface area contributed by atoms with Gasteiger partial charge in [0.15, 0.2) is 0 Å². The van der Waals surface area contributed by atoms with Gasteiger partial charge in [0.1, 0.15) is 5.82 Å². The molecule has 0 aliphatic rings. The van der Waals surface area contributed by atoms with E-state index in [4.69, 9.17) is 28.3 Å².